The molecular weight excluding hydrogens is 350 g/mol. The Hall–Kier alpha value is -1.76. The van der Waals surface area contributed by atoms with Crippen LogP contribution >= 0.6 is 0 Å². The number of amides is 1. The first-order valence-corrected chi connectivity index (χ1v) is 11.1. The lowest BCUT2D eigenvalue weighted by Gasteiger charge is -2.28. The molecule has 0 aliphatic carbocycles. The SMILES string of the molecule is CCCCN(C)C(=O)CN(c1ccc(N(CC)CC)cc1C)S(C)(=O)=O. The number of aryl methyl sites for hydroxylation is 1. The molecule has 0 spiro atoms. The summed E-state index contributed by atoms with van der Waals surface area (Å²) in [4.78, 5) is 16.3. The minimum atomic E-state index is -3.56. The van der Waals surface area contributed by atoms with Crippen molar-refractivity contribution in [1.82, 2.24) is 4.90 Å². The molecule has 26 heavy (non-hydrogen) atoms. The van der Waals surface area contributed by atoms with Crippen molar-refractivity contribution in [2.45, 2.75) is 40.5 Å². The van der Waals surface area contributed by atoms with Crippen LogP contribution in [-0.4, -0.2) is 58.7 Å². The lowest BCUT2D eigenvalue weighted by Crippen LogP contribution is -2.41. The van der Waals surface area contributed by atoms with Gasteiger partial charge in [-0.2, -0.15) is 0 Å². The second kappa shape index (κ2) is 9.80. The first-order chi connectivity index (χ1) is 12.1. The van der Waals surface area contributed by atoms with E-state index in [0.717, 1.165) is 43.4 Å². The summed E-state index contributed by atoms with van der Waals surface area (Å²) in [6, 6.07) is 5.69. The molecule has 6 nitrogen and oxygen atoms in total. The smallest absolute Gasteiger partial charge is 0.243 e. The number of unbranched alkanes of at least 4 members (excludes halogenated alkanes) is 1. The van der Waals surface area contributed by atoms with Crippen LogP contribution in [-0.2, 0) is 14.8 Å². The molecule has 0 unspecified atom stereocenters. The molecule has 0 radical (unpaired) electrons. The molecule has 0 saturated heterocycles. The molecule has 0 heterocycles. The molecule has 1 aromatic carbocycles. The quantitative estimate of drug-likeness (QED) is 0.623. The van der Waals surface area contributed by atoms with Crippen molar-refractivity contribution in [3.05, 3.63) is 23.8 Å². The van der Waals surface area contributed by atoms with Gasteiger partial charge in [0, 0.05) is 32.4 Å². The summed E-state index contributed by atoms with van der Waals surface area (Å²) in [5, 5.41) is 0. The predicted molar refractivity (Wildman–Crippen MR) is 109 cm³/mol. The Morgan fingerprint density at radius 2 is 1.73 bits per heavy atom. The summed E-state index contributed by atoms with van der Waals surface area (Å²) in [5.74, 6) is -0.198. The van der Waals surface area contributed by atoms with Crippen LogP contribution in [0.3, 0.4) is 0 Å². The topological polar surface area (TPSA) is 60.9 Å². The molecule has 0 atom stereocenters. The third kappa shape index (κ3) is 5.90. The number of hydrogen-bond acceptors (Lipinski definition) is 4. The van der Waals surface area contributed by atoms with Crippen molar-refractivity contribution in [2.75, 3.05) is 48.7 Å². The molecule has 0 aliphatic heterocycles. The van der Waals surface area contributed by atoms with Gasteiger partial charge >= 0.3 is 0 Å². The van der Waals surface area contributed by atoms with E-state index in [1.54, 1.807) is 18.0 Å². The average molecular weight is 384 g/mol. The van der Waals surface area contributed by atoms with Crippen LogP contribution in [0.2, 0.25) is 0 Å². The zero-order valence-corrected chi connectivity index (χ0v) is 17.8. The number of sulfonamides is 1. The zero-order valence-electron chi connectivity index (χ0n) is 16.9. The van der Waals surface area contributed by atoms with E-state index >= 15 is 0 Å². The van der Waals surface area contributed by atoms with E-state index < -0.39 is 10.0 Å². The monoisotopic (exact) mass is 383 g/mol. The van der Waals surface area contributed by atoms with Crippen LogP contribution < -0.4 is 9.21 Å². The van der Waals surface area contributed by atoms with Crippen LogP contribution in [0.5, 0.6) is 0 Å². The van der Waals surface area contributed by atoms with Crippen LogP contribution in [0.1, 0.15) is 39.2 Å². The van der Waals surface area contributed by atoms with Crippen LogP contribution in [0.15, 0.2) is 18.2 Å². The van der Waals surface area contributed by atoms with E-state index in [1.165, 1.54) is 4.31 Å². The third-order valence-corrected chi connectivity index (χ3v) is 5.66. The summed E-state index contributed by atoms with van der Waals surface area (Å²) >= 11 is 0. The lowest BCUT2D eigenvalue weighted by atomic mass is 10.1. The van der Waals surface area contributed by atoms with Crippen molar-refractivity contribution >= 4 is 27.3 Å². The number of rotatable bonds is 10. The Morgan fingerprint density at radius 1 is 1.12 bits per heavy atom. The highest BCUT2D eigenvalue weighted by atomic mass is 32.2. The van der Waals surface area contributed by atoms with E-state index in [4.69, 9.17) is 0 Å². The fraction of sp³-hybridized carbons (Fsp3) is 0.632. The second-order valence-electron chi connectivity index (χ2n) is 6.58. The molecule has 0 saturated carbocycles. The van der Waals surface area contributed by atoms with E-state index in [9.17, 15) is 13.2 Å². The number of carbonyl (C=O) groups excluding carboxylic acids is 1. The fourth-order valence-electron chi connectivity index (χ4n) is 2.85. The second-order valence-corrected chi connectivity index (χ2v) is 8.49. The number of carbonyl (C=O) groups is 1. The molecule has 7 heteroatoms. The van der Waals surface area contributed by atoms with Crippen molar-refractivity contribution in [2.24, 2.45) is 0 Å². The van der Waals surface area contributed by atoms with Gasteiger partial charge in [0.25, 0.3) is 0 Å². The van der Waals surface area contributed by atoms with Crippen molar-refractivity contribution in [1.29, 1.82) is 0 Å². The summed E-state index contributed by atoms with van der Waals surface area (Å²) in [6.07, 6.45) is 3.03. The van der Waals surface area contributed by atoms with E-state index in [1.807, 2.05) is 19.1 Å². The number of nitrogens with zero attached hydrogens (tertiary/aromatic N) is 3. The molecule has 1 aromatic rings. The van der Waals surface area contributed by atoms with Crippen LogP contribution in [0.4, 0.5) is 11.4 Å². The van der Waals surface area contributed by atoms with Gasteiger partial charge in [0.2, 0.25) is 15.9 Å². The highest BCUT2D eigenvalue weighted by Crippen LogP contribution is 2.27. The summed E-state index contributed by atoms with van der Waals surface area (Å²) < 4.78 is 25.9. The molecule has 0 N–H and O–H groups in total. The van der Waals surface area contributed by atoms with E-state index in [-0.39, 0.29) is 12.5 Å². The van der Waals surface area contributed by atoms with Crippen molar-refractivity contribution < 1.29 is 13.2 Å². The minimum Gasteiger partial charge on any atom is -0.372 e. The van der Waals surface area contributed by atoms with Crippen LogP contribution in [0.25, 0.3) is 0 Å². The van der Waals surface area contributed by atoms with Gasteiger partial charge in [-0.15, -0.1) is 0 Å². The van der Waals surface area contributed by atoms with Gasteiger partial charge in [-0.3, -0.25) is 9.10 Å². The molecule has 0 fully saturated rings. The molecular formula is C19H33N3O3S. The molecule has 1 amide bonds. The van der Waals surface area contributed by atoms with Gasteiger partial charge in [0.15, 0.2) is 0 Å². The predicted octanol–water partition coefficient (Wildman–Crippen LogP) is 2.87. The first kappa shape index (κ1) is 22.3. The van der Waals surface area contributed by atoms with Crippen molar-refractivity contribution in [3.8, 4) is 0 Å². The largest absolute Gasteiger partial charge is 0.372 e. The van der Waals surface area contributed by atoms with Gasteiger partial charge in [-0.1, -0.05) is 13.3 Å². The maximum absolute atomic E-state index is 12.5. The van der Waals surface area contributed by atoms with Gasteiger partial charge in [-0.25, -0.2) is 8.42 Å². The summed E-state index contributed by atoms with van der Waals surface area (Å²) in [6.45, 7) is 10.3. The standard InChI is InChI=1S/C19H33N3O3S/c1-7-10-13-20(5)19(23)15-22(26(6,24)25)18-12-11-17(14-16(18)4)21(8-2)9-3/h11-12,14H,7-10,13,15H2,1-6H3. The fourth-order valence-corrected chi connectivity index (χ4v) is 3.76. The minimum absolute atomic E-state index is 0.176. The number of anilines is 2. The van der Waals surface area contributed by atoms with Gasteiger partial charge in [0.1, 0.15) is 6.54 Å². The lowest BCUT2D eigenvalue weighted by molar-refractivity contribution is -0.128. The Bertz CT molecular complexity index is 700. The maximum atomic E-state index is 12.5. The zero-order chi connectivity index (χ0) is 19.9. The Kier molecular flexibility index (Phi) is 8.40. The van der Waals surface area contributed by atoms with Crippen molar-refractivity contribution in [3.63, 3.8) is 0 Å². The first-order valence-electron chi connectivity index (χ1n) is 9.22. The molecule has 0 bridgehead atoms. The molecule has 1 rings (SSSR count). The molecule has 148 valence electrons. The average Bonchev–Trinajstić information content (AvgIpc) is 2.58. The van der Waals surface area contributed by atoms with Gasteiger partial charge in [-0.05, 0) is 51.0 Å². The Balaban J connectivity index is 3.13. The number of benzene rings is 1. The van der Waals surface area contributed by atoms with Crippen LogP contribution in [0, 0.1) is 6.92 Å². The van der Waals surface area contributed by atoms with Gasteiger partial charge < -0.3 is 9.80 Å². The normalized spacial score (nSPS) is 11.3. The number of likely N-dealkylation sites (N-methyl/N-ethyl adjacent to an activating group) is 1. The highest BCUT2D eigenvalue weighted by Gasteiger charge is 2.24. The summed E-state index contributed by atoms with van der Waals surface area (Å²) in [7, 11) is -1.84. The number of hydrogen-bond donors (Lipinski definition) is 0. The summed E-state index contributed by atoms with van der Waals surface area (Å²) in [5.41, 5.74) is 2.44. The molecule has 0 aromatic heterocycles. The van der Waals surface area contributed by atoms with Gasteiger partial charge in [0.05, 0.1) is 11.9 Å². The molecule has 0 aliphatic rings. The Morgan fingerprint density at radius 3 is 2.19 bits per heavy atom. The third-order valence-electron chi connectivity index (χ3n) is 4.53. The maximum Gasteiger partial charge on any atom is 0.243 e. The van der Waals surface area contributed by atoms with E-state index in [0.29, 0.717) is 12.2 Å². The Labute approximate surface area is 158 Å². The highest BCUT2D eigenvalue weighted by molar-refractivity contribution is 7.92. The van der Waals surface area contributed by atoms with E-state index in [2.05, 4.69) is 25.7 Å².